The molecule has 2 aliphatic heterocycles. The van der Waals surface area contributed by atoms with E-state index in [1.807, 2.05) is 42.0 Å². The Labute approximate surface area is 280 Å². The minimum atomic E-state index is -4.04. The predicted molar refractivity (Wildman–Crippen MR) is 184 cm³/mol. The van der Waals surface area contributed by atoms with E-state index in [1.165, 1.54) is 22.5 Å². The van der Waals surface area contributed by atoms with Crippen molar-refractivity contribution in [1.82, 2.24) is 4.72 Å². The van der Waals surface area contributed by atoms with Gasteiger partial charge < -0.3 is 14.7 Å². The number of hydrogen-bond acceptors (Lipinski definition) is 7. The highest BCUT2D eigenvalue weighted by Crippen LogP contribution is 2.47. The highest BCUT2D eigenvalue weighted by Gasteiger charge is 2.44. The maximum atomic E-state index is 13.9. The van der Waals surface area contributed by atoms with Crippen molar-refractivity contribution in [2.45, 2.75) is 68.6 Å². The molecule has 0 radical (unpaired) electrons. The number of hydrogen-bond donors (Lipinski definition) is 2. The van der Waals surface area contributed by atoms with Crippen LogP contribution in [0.5, 0.6) is 5.75 Å². The third-order valence-corrected chi connectivity index (χ3v) is 13.7. The number of aliphatic hydroxyl groups excluding tert-OH is 1. The number of benzene rings is 2. The number of carbonyl (C=O) groups excluding carboxylic acids is 1. The molecule has 1 fully saturated rings. The summed E-state index contributed by atoms with van der Waals surface area (Å²) in [4.78, 5) is 16.0. The van der Waals surface area contributed by atoms with E-state index in [1.54, 1.807) is 18.2 Å². The van der Waals surface area contributed by atoms with Gasteiger partial charge in [0.05, 0.1) is 23.6 Å². The van der Waals surface area contributed by atoms with Gasteiger partial charge >= 0.3 is 0 Å². The Morgan fingerprint density at radius 2 is 2.04 bits per heavy atom. The van der Waals surface area contributed by atoms with E-state index in [4.69, 9.17) is 16.3 Å². The lowest BCUT2D eigenvalue weighted by molar-refractivity contribution is 0.0456. The lowest BCUT2D eigenvalue weighted by atomic mass is 9.68. The third-order valence-electron chi connectivity index (χ3n) is 10.8. The number of aryl methyl sites for hydroxylation is 1. The Bertz CT molecular complexity index is 1740. The lowest BCUT2D eigenvalue weighted by Crippen LogP contribution is -2.49. The molecule has 1 spiro atoms. The number of nitrogens with one attached hydrogen (secondary N) is 1. The molecule has 244 valence electrons. The fraction of sp³-hybridized carbons (Fsp3) is 0.472. The largest absolute Gasteiger partial charge is 0.490 e. The SMILES string of the molecule is C[C@@H]1C/C=C/[C@H](O)[C@@H]2CC[C@H]2CN2C[C@@]3(CCCc4cc(Cl)ccc43)COc3ccc(cc32)C(=O)NS(=O)(=O)[C@H]1Cc1ccsc1. The van der Waals surface area contributed by atoms with Gasteiger partial charge in [-0.15, -0.1) is 0 Å². The molecule has 1 aromatic heterocycles. The van der Waals surface area contributed by atoms with Crippen molar-refractivity contribution in [2.24, 2.45) is 17.8 Å². The Morgan fingerprint density at radius 3 is 2.83 bits per heavy atom. The Kier molecular flexibility index (Phi) is 8.72. The molecule has 2 bridgehead atoms. The fourth-order valence-electron chi connectivity index (χ4n) is 8.06. The number of fused-ring (bicyclic) bond motifs is 4. The minimum absolute atomic E-state index is 0.109. The van der Waals surface area contributed by atoms with Crippen LogP contribution in [0.1, 0.15) is 66.1 Å². The van der Waals surface area contributed by atoms with Crippen LogP contribution in [0.4, 0.5) is 5.69 Å². The second-order valence-corrected chi connectivity index (χ2v) is 16.9. The van der Waals surface area contributed by atoms with Crippen molar-refractivity contribution < 1.29 is 23.1 Å². The number of ether oxygens (including phenoxy) is 1. The summed E-state index contributed by atoms with van der Waals surface area (Å²) in [5, 5.41) is 15.1. The number of nitrogens with zero attached hydrogens (tertiary/aromatic N) is 1. The number of sulfonamides is 1. The third kappa shape index (κ3) is 6.12. The number of thiophene rings is 1. The van der Waals surface area contributed by atoms with Gasteiger partial charge in [-0.05, 0) is 127 Å². The maximum Gasteiger partial charge on any atom is 0.264 e. The fourth-order valence-corrected chi connectivity index (χ4v) is 10.6. The quantitative estimate of drug-likeness (QED) is 0.299. The van der Waals surface area contributed by atoms with Crippen LogP contribution in [0.25, 0.3) is 0 Å². The zero-order chi connectivity index (χ0) is 32.1. The van der Waals surface area contributed by atoms with E-state index in [0.717, 1.165) is 48.4 Å². The van der Waals surface area contributed by atoms with Crippen LogP contribution in [0.2, 0.25) is 5.02 Å². The molecule has 46 heavy (non-hydrogen) atoms. The van der Waals surface area contributed by atoms with Crippen molar-refractivity contribution in [1.29, 1.82) is 0 Å². The maximum absolute atomic E-state index is 13.9. The van der Waals surface area contributed by atoms with Crippen LogP contribution in [-0.4, -0.2) is 50.5 Å². The summed E-state index contributed by atoms with van der Waals surface area (Å²) in [6.45, 7) is 3.79. The summed E-state index contributed by atoms with van der Waals surface area (Å²) in [6, 6.07) is 13.4. The standard InChI is InChI=1S/C36H41ClN2O5S2/c1-23-4-2-6-32(40)29-10-7-27(29)19-39-21-36(14-3-5-25-17-28(37)9-11-30(25)36)22-44-33-12-8-26(18-31(33)39)35(41)38-46(42,43)34(23)16-24-13-15-45-20-24/h2,6,8-9,11-13,15,17-18,20,23,27,29,32,34,40H,3-5,7,10,14,16,19,21-22H2,1H3,(H,38,41)/b6-2+/t23-,27+,29-,32+,34+,36+/m1/s1. The molecular weight excluding hydrogens is 640 g/mol. The summed E-state index contributed by atoms with van der Waals surface area (Å²) in [5.41, 5.74) is 4.23. The minimum Gasteiger partial charge on any atom is -0.490 e. The Morgan fingerprint density at radius 1 is 1.17 bits per heavy atom. The highest BCUT2D eigenvalue weighted by atomic mass is 35.5. The lowest BCUT2D eigenvalue weighted by Gasteiger charge is -2.45. The van der Waals surface area contributed by atoms with Gasteiger partial charge in [0.15, 0.2) is 0 Å². The number of anilines is 1. The van der Waals surface area contributed by atoms with Crippen LogP contribution in [-0.2, 0) is 28.3 Å². The molecule has 2 N–H and O–H groups in total. The highest BCUT2D eigenvalue weighted by molar-refractivity contribution is 7.90. The first-order valence-corrected chi connectivity index (χ1v) is 19.2. The van der Waals surface area contributed by atoms with Crippen LogP contribution in [0.3, 0.4) is 0 Å². The first-order valence-electron chi connectivity index (χ1n) is 16.3. The average Bonchev–Trinajstić information content (AvgIpc) is 3.47. The Balaban J connectivity index is 1.28. The van der Waals surface area contributed by atoms with Gasteiger partial charge in [-0.2, -0.15) is 11.3 Å². The zero-order valence-corrected chi connectivity index (χ0v) is 28.4. The van der Waals surface area contributed by atoms with Gasteiger partial charge in [0, 0.05) is 29.1 Å². The number of aliphatic hydroxyl groups is 1. The second-order valence-electron chi connectivity index (χ2n) is 13.8. The van der Waals surface area contributed by atoms with E-state index in [0.29, 0.717) is 38.3 Å². The molecule has 0 unspecified atom stereocenters. The van der Waals surface area contributed by atoms with E-state index in [9.17, 15) is 18.3 Å². The molecule has 4 aliphatic rings. The first kappa shape index (κ1) is 31.7. The normalized spacial score (nSPS) is 31.4. The molecule has 1 amide bonds. The molecule has 2 aliphatic carbocycles. The first-order chi connectivity index (χ1) is 22.1. The monoisotopic (exact) mass is 680 g/mol. The van der Waals surface area contributed by atoms with Crippen LogP contribution in [0, 0.1) is 17.8 Å². The average molecular weight is 681 g/mol. The van der Waals surface area contributed by atoms with Crippen molar-refractivity contribution in [3.63, 3.8) is 0 Å². The molecule has 2 aromatic carbocycles. The van der Waals surface area contributed by atoms with Crippen LogP contribution in [0.15, 0.2) is 65.4 Å². The van der Waals surface area contributed by atoms with E-state index in [-0.39, 0.29) is 28.7 Å². The summed E-state index contributed by atoms with van der Waals surface area (Å²) in [6.07, 6.45) is 8.85. The van der Waals surface area contributed by atoms with Gasteiger partial charge in [-0.3, -0.25) is 4.79 Å². The predicted octanol–water partition coefficient (Wildman–Crippen LogP) is 6.53. The molecule has 1 saturated carbocycles. The summed E-state index contributed by atoms with van der Waals surface area (Å²) >= 11 is 7.93. The van der Waals surface area contributed by atoms with Gasteiger partial charge in [-0.1, -0.05) is 36.7 Å². The van der Waals surface area contributed by atoms with Crippen LogP contribution < -0.4 is 14.4 Å². The van der Waals surface area contributed by atoms with E-state index in [2.05, 4.69) is 21.8 Å². The van der Waals surface area contributed by atoms with Crippen molar-refractivity contribution >= 4 is 44.6 Å². The molecule has 7 nitrogen and oxygen atoms in total. The van der Waals surface area contributed by atoms with E-state index >= 15 is 0 Å². The number of allylic oxidation sites excluding steroid dienone is 1. The molecule has 10 heteroatoms. The second kappa shape index (κ2) is 12.6. The number of halogens is 1. The molecule has 3 heterocycles. The Hall–Kier alpha value is -2.85. The smallest absolute Gasteiger partial charge is 0.264 e. The topological polar surface area (TPSA) is 95.9 Å². The molecular formula is C36H41ClN2O5S2. The summed E-state index contributed by atoms with van der Waals surface area (Å²) in [7, 11) is -4.04. The van der Waals surface area contributed by atoms with Gasteiger partial charge in [0.1, 0.15) is 5.75 Å². The number of carbonyl (C=O) groups is 1. The molecule has 6 atom stereocenters. The van der Waals surface area contributed by atoms with Crippen molar-refractivity contribution in [2.75, 3.05) is 24.6 Å². The summed E-state index contributed by atoms with van der Waals surface area (Å²) in [5.74, 6) is 0.141. The number of rotatable bonds is 2. The van der Waals surface area contributed by atoms with Gasteiger partial charge in [0.25, 0.3) is 5.91 Å². The molecule has 7 rings (SSSR count). The van der Waals surface area contributed by atoms with Gasteiger partial charge in [-0.25, -0.2) is 13.1 Å². The summed E-state index contributed by atoms with van der Waals surface area (Å²) < 4.78 is 36.7. The zero-order valence-electron chi connectivity index (χ0n) is 26.0. The molecule has 0 saturated heterocycles. The van der Waals surface area contributed by atoms with Gasteiger partial charge in [0.2, 0.25) is 10.0 Å². The molecule has 3 aromatic rings. The van der Waals surface area contributed by atoms with Crippen molar-refractivity contribution in [3.05, 3.63) is 92.7 Å². The van der Waals surface area contributed by atoms with Crippen LogP contribution >= 0.6 is 22.9 Å². The van der Waals surface area contributed by atoms with Crippen molar-refractivity contribution in [3.8, 4) is 5.75 Å². The van der Waals surface area contributed by atoms with E-state index < -0.39 is 27.3 Å². The number of amides is 1.